The van der Waals surface area contributed by atoms with Crippen molar-refractivity contribution >= 4 is 70.0 Å². The van der Waals surface area contributed by atoms with Crippen molar-refractivity contribution < 1.29 is 48.6 Å². The summed E-state index contributed by atoms with van der Waals surface area (Å²) in [6.45, 7) is 2.08. The molecule has 1 unspecified atom stereocenters. The van der Waals surface area contributed by atoms with E-state index >= 15 is 0 Å². The molecular formula is C33H45N9O10S. The van der Waals surface area contributed by atoms with E-state index in [0.29, 0.717) is 22.5 Å². The van der Waals surface area contributed by atoms with Crippen LogP contribution in [0.5, 0.6) is 0 Å². The quantitative estimate of drug-likeness (QED) is 0.127. The maximum atomic E-state index is 13.9. The summed E-state index contributed by atoms with van der Waals surface area (Å²) in [5.41, 5.74) is 13.0. The molecule has 12 N–H and O–H groups in total. The van der Waals surface area contributed by atoms with E-state index in [9.17, 15) is 48.6 Å². The minimum atomic E-state index is -1.65. The summed E-state index contributed by atoms with van der Waals surface area (Å²) in [6, 6.07) is 0.470. The van der Waals surface area contributed by atoms with Crippen LogP contribution in [0.4, 0.5) is 0 Å². The monoisotopic (exact) mass is 759 g/mol. The van der Waals surface area contributed by atoms with E-state index < -0.39 is 103 Å². The van der Waals surface area contributed by atoms with Crippen molar-refractivity contribution in [3.05, 3.63) is 29.8 Å². The zero-order valence-corrected chi connectivity index (χ0v) is 30.0. The average Bonchev–Trinajstić information content (AvgIpc) is 3.68. The number of carboxylic acids is 1. The van der Waals surface area contributed by atoms with E-state index in [0.717, 1.165) is 22.0 Å². The Morgan fingerprint density at radius 3 is 2.36 bits per heavy atom. The van der Waals surface area contributed by atoms with Gasteiger partial charge in [-0.25, -0.2) is 4.79 Å². The van der Waals surface area contributed by atoms with Crippen LogP contribution in [0.1, 0.15) is 38.7 Å². The predicted octanol–water partition coefficient (Wildman–Crippen LogP) is -3.20. The second-order valence-corrected chi connectivity index (χ2v) is 14.1. The number of amides is 7. The van der Waals surface area contributed by atoms with Crippen molar-refractivity contribution in [2.75, 3.05) is 25.4 Å². The number of H-pyrrole nitrogens is 1. The number of thioether (sulfide) groups is 1. The van der Waals surface area contributed by atoms with Gasteiger partial charge in [-0.2, -0.15) is 0 Å². The highest BCUT2D eigenvalue weighted by Gasteiger charge is 2.42. The molecule has 2 aliphatic heterocycles. The largest absolute Gasteiger partial charge is 0.480 e. The van der Waals surface area contributed by atoms with Gasteiger partial charge in [-0.05, 0) is 24.0 Å². The highest BCUT2D eigenvalue weighted by molar-refractivity contribution is 7.99. The van der Waals surface area contributed by atoms with Gasteiger partial charge in [0.1, 0.15) is 24.2 Å². The normalized spacial score (nSPS) is 24.7. The first-order chi connectivity index (χ1) is 25.1. The molecule has 20 heteroatoms. The number of rotatable bonds is 8. The topological polar surface area (TPSA) is 308 Å². The summed E-state index contributed by atoms with van der Waals surface area (Å²) >= 11 is 1.08. The first kappa shape index (κ1) is 40.6. The van der Waals surface area contributed by atoms with Crippen LogP contribution in [0.2, 0.25) is 0 Å². The second kappa shape index (κ2) is 18.0. The van der Waals surface area contributed by atoms with E-state index in [2.05, 4.69) is 31.6 Å². The van der Waals surface area contributed by atoms with Crippen LogP contribution in [0.15, 0.2) is 29.3 Å². The maximum absolute atomic E-state index is 13.9. The van der Waals surface area contributed by atoms with E-state index in [4.69, 9.17) is 11.5 Å². The molecule has 1 aromatic carbocycles. The zero-order chi connectivity index (χ0) is 39.0. The smallest absolute Gasteiger partial charge is 0.326 e. The van der Waals surface area contributed by atoms with Crippen molar-refractivity contribution in [2.24, 2.45) is 17.4 Å². The number of hydrogen-bond donors (Lipinski definition) is 10. The molecule has 1 saturated heterocycles. The van der Waals surface area contributed by atoms with Gasteiger partial charge in [-0.15, -0.1) is 11.8 Å². The first-order valence-electron chi connectivity index (χ1n) is 17.0. The molecule has 3 heterocycles. The Morgan fingerprint density at radius 2 is 1.70 bits per heavy atom. The summed E-state index contributed by atoms with van der Waals surface area (Å²) in [7, 11) is 0. The summed E-state index contributed by atoms with van der Waals surface area (Å²) in [5.74, 6) is -7.67. The lowest BCUT2D eigenvalue weighted by molar-refractivity contribution is -0.149. The third kappa shape index (κ3) is 10.4. The second-order valence-electron chi connectivity index (χ2n) is 13.1. The molecule has 19 nitrogen and oxygen atoms in total. The van der Waals surface area contributed by atoms with Crippen LogP contribution >= 0.6 is 11.8 Å². The Hall–Kier alpha value is -5.21. The van der Waals surface area contributed by atoms with Gasteiger partial charge < -0.3 is 58.1 Å². The van der Waals surface area contributed by atoms with Gasteiger partial charge in [-0.3, -0.25) is 33.6 Å². The van der Waals surface area contributed by atoms with Crippen LogP contribution in [0.3, 0.4) is 0 Å². The molecule has 0 bridgehead atoms. The SMILES string of the molecule is CC[C@H](C)[C@@H]1NC(=O)CNC(=O)[C@H](N)Cc2c([nH]c3ccccc23)SC[C@H](C(=O)NC(CC(N)=O)C(=O)N2C[C@H](O)C[C@H]2C(=O)O)NC(=O)CNC1=O. The summed E-state index contributed by atoms with van der Waals surface area (Å²) in [4.78, 5) is 108. The van der Waals surface area contributed by atoms with E-state index in [1.807, 2.05) is 0 Å². The molecule has 4 rings (SSSR count). The number of nitrogens with two attached hydrogens (primary N) is 2. The number of aliphatic hydroxyl groups excluding tert-OH is 1. The molecule has 0 spiro atoms. The van der Waals surface area contributed by atoms with E-state index in [1.165, 1.54) is 0 Å². The number of primary amides is 1. The predicted molar refractivity (Wildman–Crippen MR) is 190 cm³/mol. The molecule has 1 fully saturated rings. The summed E-state index contributed by atoms with van der Waals surface area (Å²) in [5, 5.41) is 33.4. The van der Waals surface area contributed by atoms with Gasteiger partial charge in [0.25, 0.3) is 0 Å². The Balaban J connectivity index is 1.67. The highest BCUT2D eigenvalue weighted by Crippen LogP contribution is 2.31. The van der Waals surface area contributed by atoms with Crippen molar-refractivity contribution in [3.8, 4) is 0 Å². The molecule has 2 aromatic rings. The van der Waals surface area contributed by atoms with Crippen LogP contribution in [0.25, 0.3) is 10.9 Å². The molecule has 0 saturated carbocycles. The molecule has 0 aliphatic carbocycles. The van der Waals surface area contributed by atoms with Crippen LogP contribution < -0.4 is 38.1 Å². The minimum absolute atomic E-state index is 0.00252. The number of aliphatic hydroxyl groups is 1. The summed E-state index contributed by atoms with van der Waals surface area (Å²) < 4.78 is 0. The van der Waals surface area contributed by atoms with Crippen LogP contribution in [0, 0.1) is 5.92 Å². The minimum Gasteiger partial charge on any atom is -0.480 e. The Kier molecular flexibility index (Phi) is 13.8. The lowest BCUT2D eigenvalue weighted by Crippen LogP contribution is -2.58. The number of aromatic nitrogens is 1. The number of β-amino-alcohol motifs (C(OH)–C–C–N with tert-alkyl or cyclic N) is 1. The molecule has 7 amide bonds. The maximum Gasteiger partial charge on any atom is 0.326 e. The number of likely N-dealkylation sites (tertiary alicyclic amines) is 1. The van der Waals surface area contributed by atoms with Crippen molar-refractivity contribution in [3.63, 3.8) is 0 Å². The molecule has 53 heavy (non-hydrogen) atoms. The molecule has 0 radical (unpaired) electrons. The molecule has 2 aliphatic rings. The highest BCUT2D eigenvalue weighted by atomic mass is 32.2. The fourth-order valence-corrected chi connectivity index (χ4v) is 7.19. The Labute approximate surface area is 308 Å². The van der Waals surface area contributed by atoms with Gasteiger partial charge >= 0.3 is 5.97 Å². The van der Waals surface area contributed by atoms with Gasteiger partial charge in [0.2, 0.25) is 41.4 Å². The number of aromatic amines is 1. The molecular weight excluding hydrogens is 714 g/mol. The van der Waals surface area contributed by atoms with Crippen molar-refractivity contribution in [1.29, 1.82) is 0 Å². The van der Waals surface area contributed by atoms with Gasteiger partial charge in [0.15, 0.2) is 0 Å². The number of aliphatic carboxylic acids is 1. The van der Waals surface area contributed by atoms with Gasteiger partial charge in [0, 0.05) is 29.6 Å². The number of carbonyl (C=O) groups excluding carboxylic acids is 7. The summed E-state index contributed by atoms with van der Waals surface area (Å²) in [6.07, 6.45) is -1.66. The number of carbonyl (C=O) groups is 8. The number of hydrogen-bond acceptors (Lipinski definition) is 11. The Morgan fingerprint density at radius 1 is 1.04 bits per heavy atom. The molecule has 1 aromatic heterocycles. The standard InChI is InChI=1S/C33H45N9O10S/c1-3-15(2)27-30(49)37-11-25(45)38-22(29(48)39-21(10-24(35)44)32(50)42-13-16(43)8-23(42)33(51)52)14-53-31-18(17-6-4-5-7-20(17)40-31)9-19(34)28(47)36-12-26(46)41-27/h4-7,15-16,19,21-23,27,40,43H,3,8-14,34H2,1-2H3,(H2,35,44)(H,36,47)(H,37,49)(H,38,45)(H,39,48)(H,41,46)(H,51,52)/t15-,16+,19+,21?,22+,23-,27-/m0/s1. The Bertz CT molecular complexity index is 1750. The number of nitrogens with one attached hydrogen (secondary N) is 6. The molecule has 288 valence electrons. The number of para-hydroxylation sites is 1. The fraction of sp³-hybridized carbons (Fsp3) is 0.515. The van der Waals surface area contributed by atoms with Gasteiger partial charge in [-0.1, -0.05) is 38.5 Å². The third-order valence-electron chi connectivity index (χ3n) is 9.11. The van der Waals surface area contributed by atoms with E-state index in [-0.39, 0.29) is 31.1 Å². The van der Waals surface area contributed by atoms with Gasteiger partial charge in [0.05, 0.1) is 36.7 Å². The number of benzene rings is 1. The van der Waals surface area contributed by atoms with Crippen LogP contribution in [-0.4, -0.2) is 129 Å². The lowest BCUT2D eigenvalue weighted by Gasteiger charge is -2.28. The van der Waals surface area contributed by atoms with Crippen molar-refractivity contribution in [2.45, 2.75) is 80.9 Å². The van der Waals surface area contributed by atoms with E-state index in [1.54, 1.807) is 38.1 Å². The van der Waals surface area contributed by atoms with Crippen LogP contribution in [-0.2, 0) is 44.8 Å². The third-order valence-corrected chi connectivity index (χ3v) is 10.2. The average molecular weight is 760 g/mol. The number of nitrogens with zero attached hydrogens (tertiary/aromatic N) is 1. The first-order valence-corrected chi connectivity index (χ1v) is 18.0. The van der Waals surface area contributed by atoms with Crippen molar-refractivity contribution in [1.82, 2.24) is 36.5 Å². The lowest BCUT2D eigenvalue weighted by atomic mass is 9.98. The molecule has 7 atom stereocenters. The fourth-order valence-electron chi connectivity index (χ4n) is 6.08. The number of fused-ring (bicyclic) bond motifs is 3. The number of carboxylic acid groups (broad SMARTS) is 1. The zero-order valence-electron chi connectivity index (χ0n) is 29.2.